The maximum absolute atomic E-state index is 13.0. The molecule has 7 heteroatoms. The fourth-order valence-corrected chi connectivity index (χ4v) is 5.19. The summed E-state index contributed by atoms with van der Waals surface area (Å²) in [4.78, 5) is 36.8. The molecule has 1 saturated carbocycles. The SMILES string of the molecule is Cc1nc(C)c(C(=O)NC2(C#Cc3cncc(C(=O)N4CCCC4)c3)CCCCC2)s1. The topological polar surface area (TPSA) is 75.2 Å². The molecular weight excluding hydrogens is 408 g/mol. The highest BCUT2D eigenvalue weighted by molar-refractivity contribution is 7.13. The number of hydrogen-bond acceptors (Lipinski definition) is 5. The first-order chi connectivity index (χ1) is 15.0. The fourth-order valence-electron chi connectivity index (χ4n) is 4.37. The number of carbonyl (C=O) groups is 2. The van der Waals surface area contributed by atoms with Crippen molar-refractivity contribution >= 4 is 23.2 Å². The van der Waals surface area contributed by atoms with Gasteiger partial charge in [0.15, 0.2) is 0 Å². The molecular formula is C24H28N4O2S. The fraction of sp³-hybridized carbons (Fsp3) is 0.500. The van der Waals surface area contributed by atoms with Crippen LogP contribution < -0.4 is 5.32 Å². The Labute approximate surface area is 187 Å². The second-order valence-electron chi connectivity index (χ2n) is 8.46. The first-order valence-electron chi connectivity index (χ1n) is 11.0. The van der Waals surface area contributed by atoms with Crippen molar-refractivity contribution in [2.75, 3.05) is 13.1 Å². The Bertz CT molecular complexity index is 1040. The molecule has 2 amide bonds. The maximum atomic E-state index is 13.0. The monoisotopic (exact) mass is 436 g/mol. The summed E-state index contributed by atoms with van der Waals surface area (Å²) in [6, 6.07) is 1.82. The van der Waals surface area contributed by atoms with Crippen LogP contribution in [0.5, 0.6) is 0 Å². The summed E-state index contributed by atoms with van der Waals surface area (Å²) in [5, 5.41) is 4.10. The molecule has 31 heavy (non-hydrogen) atoms. The maximum Gasteiger partial charge on any atom is 0.264 e. The predicted molar refractivity (Wildman–Crippen MR) is 121 cm³/mol. The molecule has 4 rings (SSSR count). The molecule has 0 bridgehead atoms. The van der Waals surface area contributed by atoms with Crippen LogP contribution in [0.4, 0.5) is 0 Å². The third kappa shape index (κ3) is 4.96. The molecule has 0 unspecified atom stereocenters. The lowest BCUT2D eigenvalue weighted by Crippen LogP contribution is -2.48. The third-order valence-corrected chi connectivity index (χ3v) is 7.07. The lowest BCUT2D eigenvalue weighted by Gasteiger charge is -2.33. The molecule has 2 fully saturated rings. The van der Waals surface area contributed by atoms with Crippen LogP contribution in [0.15, 0.2) is 18.5 Å². The molecule has 0 atom stereocenters. The molecule has 1 aliphatic carbocycles. The lowest BCUT2D eigenvalue weighted by molar-refractivity contribution is 0.0792. The molecule has 0 radical (unpaired) electrons. The van der Waals surface area contributed by atoms with E-state index >= 15 is 0 Å². The van der Waals surface area contributed by atoms with Gasteiger partial charge in [-0.3, -0.25) is 14.6 Å². The summed E-state index contributed by atoms with van der Waals surface area (Å²) in [5.41, 5.74) is 1.48. The first kappa shape index (κ1) is 21.5. The summed E-state index contributed by atoms with van der Waals surface area (Å²) >= 11 is 1.42. The second-order valence-corrected chi connectivity index (χ2v) is 9.66. The molecule has 2 aliphatic rings. The molecule has 0 aromatic carbocycles. The number of likely N-dealkylation sites (tertiary alicyclic amines) is 1. The van der Waals surface area contributed by atoms with E-state index in [1.54, 1.807) is 12.4 Å². The van der Waals surface area contributed by atoms with Crippen molar-refractivity contribution in [2.45, 2.75) is 64.3 Å². The molecule has 1 N–H and O–H groups in total. The zero-order valence-electron chi connectivity index (χ0n) is 18.2. The Morgan fingerprint density at radius 2 is 1.84 bits per heavy atom. The zero-order valence-corrected chi connectivity index (χ0v) is 19.0. The number of pyridine rings is 1. The Morgan fingerprint density at radius 3 is 2.52 bits per heavy atom. The highest BCUT2D eigenvalue weighted by Gasteiger charge is 2.33. The van der Waals surface area contributed by atoms with Gasteiger partial charge in [0.05, 0.1) is 16.3 Å². The average Bonchev–Trinajstić information content (AvgIpc) is 3.42. The molecule has 2 aromatic rings. The van der Waals surface area contributed by atoms with E-state index in [9.17, 15) is 9.59 Å². The van der Waals surface area contributed by atoms with Gasteiger partial charge in [-0.1, -0.05) is 31.1 Å². The Morgan fingerprint density at radius 1 is 1.10 bits per heavy atom. The van der Waals surface area contributed by atoms with E-state index in [1.807, 2.05) is 24.8 Å². The van der Waals surface area contributed by atoms with E-state index in [0.717, 1.165) is 68.7 Å². The highest BCUT2D eigenvalue weighted by Crippen LogP contribution is 2.29. The van der Waals surface area contributed by atoms with Crippen molar-refractivity contribution in [2.24, 2.45) is 0 Å². The van der Waals surface area contributed by atoms with Gasteiger partial charge in [0.25, 0.3) is 11.8 Å². The quantitative estimate of drug-likeness (QED) is 0.741. The van der Waals surface area contributed by atoms with E-state index in [2.05, 4.69) is 27.1 Å². The van der Waals surface area contributed by atoms with Crippen molar-refractivity contribution in [3.8, 4) is 11.8 Å². The largest absolute Gasteiger partial charge is 0.339 e. The number of nitrogens with one attached hydrogen (secondary N) is 1. The van der Waals surface area contributed by atoms with Gasteiger partial charge in [-0.2, -0.15) is 0 Å². The number of hydrogen-bond donors (Lipinski definition) is 1. The number of aryl methyl sites for hydroxylation is 2. The van der Waals surface area contributed by atoms with Gasteiger partial charge in [0, 0.05) is 31.0 Å². The van der Waals surface area contributed by atoms with Gasteiger partial charge in [0.1, 0.15) is 10.4 Å². The van der Waals surface area contributed by atoms with Gasteiger partial charge < -0.3 is 10.2 Å². The van der Waals surface area contributed by atoms with E-state index in [0.29, 0.717) is 16.0 Å². The van der Waals surface area contributed by atoms with Crippen LogP contribution in [0, 0.1) is 25.7 Å². The normalized spacial score (nSPS) is 17.7. The third-order valence-electron chi connectivity index (χ3n) is 5.99. The Balaban J connectivity index is 1.56. The minimum Gasteiger partial charge on any atom is -0.339 e. The smallest absolute Gasteiger partial charge is 0.264 e. The Kier molecular flexibility index (Phi) is 6.38. The van der Waals surface area contributed by atoms with E-state index in [1.165, 1.54) is 11.3 Å². The number of amides is 2. The van der Waals surface area contributed by atoms with Gasteiger partial charge in [-0.15, -0.1) is 11.3 Å². The van der Waals surface area contributed by atoms with E-state index < -0.39 is 5.54 Å². The summed E-state index contributed by atoms with van der Waals surface area (Å²) < 4.78 is 0. The van der Waals surface area contributed by atoms with Crippen LogP contribution >= 0.6 is 11.3 Å². The van der Waals surface area contributed by atoms with Crippen molar-refractivity contribution < 1.29 is 9.59 Å². The molecule has 0 spiro atoms. The van der Waals surface area contributed by atoms with Gasteiger partial charge in [0.2, 0.25) is 0 Å². The number of thiazole rings is 1. The molecule has 1 aliphatic heterocycles. The average molecular weight is 437 g/mol. The molecule has 2 aromatic heterocycles. The van der Waals surface area contributed by atoms with Crippen molar-refractivity contribution in [1.82, 2.24) is 20.2 Å². The number of aromatic nitrogens is 2. The summed E-state index contributed by atoms with van der Waals surface area (Å²) in [5.74, 6) is 6.48. The number of carbonyl (C=O) groups excluding carboxylic acids is 2. The van der Waals surface area contributed by atoms with Crippen LogP contribution in [0.2, 0.25) is 0 Å². The molecule has 6 nitrogen and oxygen atoms in total. The van der Waals surface area contributed by atoms with Gasteiger partial charge in [-0.05, 0) is 45.6 Å². The Hall–Kier alpha value is -2.72. The molecule has 162 valence electrons. The van der Waals surface area contributed by atoms with Crippen molar-refractivity contribution in [3.63, 3.8) is 0 Å². The summed E-state index contributed by atoms with van der Waals surface area (Å²) in [6.07, 6.45) is 10.3. The highest BCUT2D eigenvalue weighted by atomic mass is 32.1. The lowest BCUT2D eigenvalue weighted by atomic mass is 9.82. The van der Waals surface area contributed by atoms with Crippen LogP contribution in [0.25, 0.3) is 0 Å². The van der Waals surface area contributed by atoms with Crippen LogP contribution in [0.3, 0.4) is 0 Å². The van der Waals surface area contributed by atoms with E-state index in [-0.39, 0.29) is 11.8 Å². The molecule has 3 heterocycles. The number of nitrogens with zero attached hydrogens (tertiary/aromatic N) is 3. The molecule has 1 saturated heterocycles. The van der Waals surface area contributed by atoms with Crippen LogP contribution in [-0.4, -0.2) is 45.3 Å². The predicted octanol–water partition coefficient (Wildman–Crippen LogP) is 3.88. The zero-order chi connectivity index (χ0) is 21.8. The van der Waals surface area contributed by atoms with Crippen LogP contribution in [0.1, 0.15) is 81.2 Å². The van der Waals surface area contributed by atoms with Gasteiger partial charge >= 0.3 is 0 Å². The first-order valence-corrected chi connectivity index (χ1v) is 11.8. The van der Waals surface area contributed by atoms with Crippen molar-refractivity contribution in [3.05, 3.63) is 45.2 Å². The van der Waals surface area contributed by atoms with Crippen LogP contribution in [-0.2, 0) is 0 Å². The minimum absolute atomic E-state index is 0.0189. The minimum atomic E-state index is -0.561. The van der Waals surface area contributed by atoms with E-state index in [4.69, 9.17) is 0 Å². The standard InChI is InChI=1S/C24H28N4O2S/c1-17-21(31-18(2)26-17)22(29)27-24(9-4-3-5-10-24)11-8-19-14-20(16-25-15-19)23(30)28-12-6-7-13-28/h14-16H,3-7,9-10,12-13H2,1-2H3,(H,27,29). The number of rotatable bonds is 3. The summed E-state index contributed by atoms with van der Waals surface area (Å²) in [7, 11) is 0. The summed E-state index contributed by atoms with van der Waals surface area (Å²) in [6.45, 7) is 5.39. The second kappa shape index (κ2) is 9.19. The van der Waals surface area contributed by atoms with Gasteiger partial charge in [-0.25, -0.2) is 4.98 Å². The van der Waals surface area contributed by atoms with Crippen molar-refractivity contribution in [1.29, 1.82) is 0 Å².